The maximum atomic E-state index is 12.8. The minimum absolute atomic E-state index is 0.00375. The average Bonchev–Trinajstić information content (AvgIpc) is 2.61. The molecule has 0 bridgehead atoms. The van der Waals surface area contributed by atoms with Gasteiger partial charge < -0.3 is 5.73 Å². The Morgan fingerprint density at radius 1 is 1.00 bits per heavy atom. The third-order valence-electron chi connectivity index (χ3n) is 5.08. The molecule has 14 radical (unpaired) electrons. The molecule has 23 heavy (non-hydrogen) atoms. The number of hydrogen-bond donors (Lipinski definition) is 1. The molecular weight excluding hydrogens is 296 g/mol. The number of nitrogens with two attached hydrogens (primary N) is 1. The molecule has 0 aromatic heterocycles. The first kappa shape index (κ1) is 17.5. The third kappa shape index (κ3) is 1.94. The van der Waals surface area contributed by atoms with Gasteiger partial charge in [-0.25, -0.2) is 0 Å². The van der Waals surface area contributed by atoms with E-state index in [0.717, 1.165) is 0 Å². The van der Waals surface area contributed by atoms with E-state index in [2.05, 4.69) is 0 Å². The Kier molecular flexibility index (Phi) is 3.69. The molecule has 0 saturated heterocycles. The number of hydrogen-bond acceptors (Lipinski definition) is 2. The number of Topliss-reactive ketones (excluding diaryl/α,β-unsaturated/α-hetero) is 1. The summed E-state index contributed by atoms with van der Waals surface area (Å²) in [5.41, 5.74) is 5.62. The number of ketones is 1. The van der Waals surface area contributed by atoms with Crippen molar-refractivity contribution in [3.8, 4) is 0 Å². The van der Waals surface area contributed by atoms with Crippen LogP contribution in [0.25, 0.3) is 0 Å². The zero-order valence-corrected chi connectivity index (χ0v) is 13.2. The summed E-state index contributed by atoms with van der Waals surface area (Å²) >= 11 is 6.54. The van der Waals surface area contributed by atoms with Gasteiger partial charge in [0.05, 0.1) is 29.1 Å². The molecular formula is C12H6B8ClNO. The number of benzene rings is 1. The second kappa shape index (κ2) is 4.85. The molecule has 1 aromatic rings. The van der Waals surface area contributed by atoms with Crippen molar-refractivity contribution < 1.29 is 4.79 Å². The fourth-order valence-electron chi connectivity index (χ4n) is 3.90. The van der Waals surface area contributed by atoms with Gasteiger partial charge in [0.25, 0.3) is 6.13 Å². The Morgan fingerprint density at radius 3 is 2.09 bits per heavy atom. The summed E-state index contributed by atoms with van der Waals surface area (Å²) in [6.45, 7) is 0. The highest BCUT2D eigenvalue weighted by molar-refractivity contribution is 7.20. The van der Waals surface area contributed by atoms with Crippen LogP contribution in [0.3, 0.4) is 0 Å². The lowest BCUT2D eigenvalue weighted by atomic mass is 9.27. The molecule has 0 amide bonds. The summed E-state index contributed by atoms with van der Waals surface area (Å²) in [4.78, 5) is 12.8. The third-order valence-corrected chi connectivity index (χ3v) is 5.69. The van der Waals surface area contributed by atoms with Crippen LogP contribution in [0, 0.1) is 0 Å². The monoisotopic (exact) mass is 303 g/mol. The zero-order chi connectivity index (χ0) is 17.5. The van der Waals surface area contributed by atoms with E-state index in [4.69, 9.17) is 72.1 Å². The molecule has 1 fully saturated rings. The van der Waals surface area contributed by atoms with E-state index >= 15 is 0 Å². The van der Waals surface area contributed by atoms with E-state index in [-0.39, 0.29) is 40.3 Å². The Labute approximate surface area is 150 Å². The molecule has 1 aliphatic heterocycles. The van der Waals surface area contributed by atoms with Crippen molar-refractivity contribution in [1.29, 1.82) is 0 Å². The van der Waals surface area contributed by atoms with Crippen LogP contribution >= 0.6 is 11.5 Å². The molecule has 2 aliphatic rings. The highest BCUT2D eigenvalue weighted by atomic mass is 35.5. The molecule has 1 aliphatic carbocycles. The quantitative estimate of drug-likeness (QED) is 0.489. The number of fused-ring (bicyclic) bond motifs is 3. The van der Waals surface area contributed by atoms with E-state index in [1.165, 1.54) is 0 Å². The van der Waals surface area contributed by atoms with Gasteiger partial charge in [-0.15, -0.1) is 16.4 Å². The normalized spacial score (nSPS) is 31.7. The Hall–Kier alpha value is -0.341. The number of carbonyl (C=O) groups is 1. The van der Waals surface area contributed by atoms with E-state index in [0.29, 0.717) is 5.46 Å². The van der Waals surface area contributed by atoms with Crippen LogP contribution in [0.4, 0.5) is 0 Å². The van der Waals surface area contributed by atoms with Crippen LogP contribution in [0.15, 0.2) is 0 Å². The van der Waals surface area contributed by atoms with Crippen LogP contribution in [0.5, 0.6) is 0 Å². The van der Waals surface area contributed by atoms with E-state index in [1.807, 2.05) is 0 Å². The van der Waals surface area contributed by atoms with Gasteiger partial charge >= 0.3 is 0 Å². The summed E-state index contributed by atoms with van der Waals surface area (Å²) < 4.78 is 0. The Bertz CT molecular complexity index is 755. The molecule has 2 unspecified atom stereocenters. The molecule has 2 N–H and O–H groups in total. The van der Waals surface area contributed by atoms with Crippen LogP contribution < -0.4 is 33.0 Å². The molecule has 1 heterocycles. The van der Waals surface area contributed by atoms with Crippen molar-refractivity contribution >= 4 is 106 Å². The predicted molar refractivity (Wildman–Crippen MR) is 102 cm³/mol. The molecule has 2 atom stereocenters. The molecule has 2 nitrogen and oxygen atoms in total. The summed E-state index contributed by atoms with van der Waals surface area (Å²) in [6.07, 6.45) is -1.11. The van der Waals surface area contributed by atoms with Gasteiger partial charge in [-0.2, -0.15) is 11.5 Å². The topological polar surface area (TPSA) is 43.1 Å². The Balaban J connectivity index is 2.41. The lowest BCUT2D eigenvalue weighted by molar-refractivity contribution is -0.127. The van der Waals surface area contributed by atoms with Crippen molar-refractivity contribution in [2.45, 2.75) is 28.8 Å². The number of carbonyl (C=O) groups excluding carboxylic acids is 1. The first-order valence-electron chi connectivity index (χ1n) is 6.97. The van der Waals surface area contributed by atoms with Gasteiger partial charge in [0.1, 0.15) is 31.4 Å². The maximum Gasteiger partial charge on any atom is 0.283 e. The SMILES string of the molecule is [B]c1c([B])c([B])c2c(c1[B])B(Cl)C1([B])CC([B])([B])CC(=O)C21N. The average molecular weight is 302 g/mol. The highest BCUT2D eigenvalue weighted by Gasteiger charge is 2.66. The number of halogens is 1. The van der Waals surface area contributed by atoms with Gasteiger partial charge in [0.15, 0.2) is 5.78 Å². The van der Waals surface area contributed by atoms with Gasteiger partial charge in [-0.05, 0) is 17.2 Å². The minimum Gasteiger partial charge on any atom is -0.316 e. The van der Waals surface area contributed by atoms with Gasteiger partial charge in [0, 0.05) is 0 Å². The fourth-order valence-corrected chi connectivity index (χ4v) is 4.38. The maximum absolute atomic E-state index is 12.8. The van der Waals surface area contributed by atoms with Crippen molar-refractivity contribution in [2.75, 3.05) is 0 Å². The van der Waals surface area contributed by atoms with Crippen molar-refractivity contribution in [2.24, 2.45) is 5.73 Å². The lowest BCUT2D eigenvalue weighted by Crippen LogP contribution is -2.62. The largest absolute Gasteiger partial charge is 0.316 e. The number of rotatable bonds is 0. The minimum atomic E-state index is -1.68. The summed E-state index contributed by atoms with van der Waals surface area (Å²) in [7, 11) is 42.3. The zero-order valence-electron chi connectivity index (χ0n) is 12.4. The second-order valence-electron chi connectivity index (χ2n) is 6.66. The standard InChI is InChI=1S/C12H6B8ClNO/c13-5-4-9(8(16)7(15)6(5)14)20(21)11(19)2-10(17,18)1-3(23)12(4,11)22/h1-2,22H2. The predicted octanol–water partition coefficient (Wildman–Crippen LogP) is -4.85. The molecule has 1 saturated carbocycles. The van der Waals surface area contributed by atoms with Gasteiger partial charge in [0.2, 0.25) is 0 Å². The first-order valence-corrected chi connectivity index (χ1v) is 7.41. The molecule has 0 spiro atoms. The smallest absolute Gasteiger partial charge is 0.283 e. The van der Waals surface area contributed by atoms with Gasteiger partial charge in [-0.3, -0.25) is 4.79 Å². The van der Waals surface area contributed by atoms with E-state index in [1.54, 1.807) is 0 Å². The van der Waals surface area contributed by atoms with Crippen LogP contribution in [-0.2, 0) is 10.3 Å². The summed E-state index contributed by atoms with van der Waals surface area (Å²) in [5, 5.41) is -2.79. The van der Waals surface area contributed by atoms with Crippen molar-refractivity contribution in [3.63, 3.8) is 0 Å². The molecule has 1 aromatic carbocycles. The molecule has 3 rings (SSSR count). The second-order valence-corrected chi connectivity index (χ2v) is 7.10. The lowest BCUT2D eigenvalue weighted by Gasteiger charge is -2.52. The summed E-state index contributed by atoms with van der Waals surface area (Å²) in [5.74, 6) is -0.462. The van der Waals surface area contributed by atoms with Crippen LogP contribution in [-0.4, -0.2) is 66.8 Å². The first-order chi connectivity index (χ1) is 10.4. The van der Waals surface area contributed by atoms with E-state index in [9.17, 15) is 4.79 Å². The van der Waals surface area contributed by atoms with Crippen LogP contribution in [0.2, 0.25) is 10.4 Å². The van der Waals surface area contributed by atoms with Gasteiger partial charge in [-0.1, -0.05) is 22.6 Å². The van der Waals surface area contributed by atoms with Crippen molar-refractivity contribution in [1.82, 2.24) is 0 Å². The summed E-state index contributed by atoms with van der Waals surface area (Å²) in [6, 6.07) is 0. The molecule has 96 valence electrons. The van der Waals surface area contributed by atoms with E-state index < -0.39 is 27.9 Å². The molecule has 11 heteroatoms. The van der Waals surface area contributed by atoms with Crippen molar-refractivity contribution in [3.05, 3.63) is 5.56 Å². The highest BCUT2D eigenvalue weighted by Crippen LogP contribution is 2.61. The Morgan fingerprint density at radius 2 is 1.52 bits per heavy atom. The fraction of sp³-hybridized carbons (Fsp3) is 0.417. The van der Waals surface area contributed by atoms with Crippen LogP contribution in [0.1, 0.15) is 18.4 Å².